The zero-order valence-corrected chi connectivity index (χ0v) is 13.7. The summed E-state index contributed by atoms with van der Waals surface area (Å²) in [5.74, 6) is 1.90. The van der Waals surface area contributed by atoms with Crippen molar-refractivity contribution in [3.05, 3.63) is 42.7 Å². The summed E-state index contributed by atoms with van der Waals surface area (Å²) < 4.78 is 18.1. The summed E-state index contributed by atoms with van der Waals surface area (Å²) in [5.41, 5.74) is 2.27. The highest BCUT2D eigenvalue weighted by Gasteiger charge is 2.16. The molecule has 7 nitrogen and oxygen atoms in total. The number of carbonyl (C=O) groups excluding carboxylic acids is 1. The van der Waals surface area contributed by atoms with E-state index in [1.54, 1.807) is 24.1 Å². The van der Waals surface area contributed by atoms with Crippen molar-refractivity contribution < 1.29 is 19.0 Å². The third-order valence-corrected chi connectivity index (χ3v) is 3.95. The highest BCUT2D eigenvalue weighted by Crippen LogP contribution is 2.34. The lowest BCUT2D eigenvalue weighted by atomic mass is 10.2. The zero-order chi connectivity index (χ0) is 17.2. The number of hydrogen-bond donors (Lipinski definition) is 1. The van der Waals surface area contributed by atoms with Crippen LogP contribution in [0.4, 0.5) is 5.69 Å². The summed E-state index contributed by atoms with van der Waals surface area (Å²) in [7, 11) is 1.59. The summed E-state index contributed by atoms with van der Waals surface area (Å²) in [5, 5.41) is 2.86. The van der Waals surface area contributed by atoms with Crippen molar-refractivity contribution in [3.8, 4) is 17.2 Å². The van der Waals surface area contributed by atoms with E-state index in [1.165, 1.54) is 0 Å². The minimum Gasteiger partial charge on any atom is -0.497 e. The molecule has 1 N–H and O–H groups in total. The zero-order valence-electron chi connectivity index (χ0n) is 13.7. The number of nitrogens with zero attached hydrogens (tertiary/aromatic N) is 2. The smallest absolute Gasteiger partial charge is 0.244 e. The number of ether oxygens (including phenoxy) is 3. The lowest BCUT2D eigenvalue weighted by Crippen LogP contribution is -2.18. The maximum absolute atomic E-state index is 12.4. The Hall–Kier alpha value is -3.22. The Morgan fingerprint density at radius 3 is 2.84 bits per heavy atom. The average Bonchev–Trinajstić information content (AvgIpc) is 3.01. The highest BCUT2D eigenvalue weighted by molar-refractivity contribution is 5.92. The third-order valence-electron chi connectivity index (χ3n) is 3.95. The van der Waals surface area contributed by atoms with Crippen molar-refractivity contribution in [1.82, 2.24) is 9.55 Å². The van der Waals surface area contributed by atoms with Crippen LogP contribution in [0, 0.1) is 0 Å². The van der Waals surface area contributed by atoms with Crippen molar-refractivity contribution >= 4 is 22.6 Å². The van der Waals surface area contributed by atoms with Gasteiger partial charge in [-0.15, -0.1) is 0 Å². The fourth-order valence-electron chi connectivity index (χ4n) is 2.78. The van der Waals surface area contributed by atoms with Gasteiger partial charge in [0, 0.05) is 23.9 Å². The molecule has 4 rings (SSSR count). The predicted molar refractivity (Wildman–Crippen MR) is 92.3 cm³/mol. The van der Waals surface area contributed by atoms with Crippen LogP contribution in [0.1, 0.15) is 0 Å². The number of carbonyl (C=O) groups is 1. The summed E-state index contributed by atoms with van der Waals surface area (Å²) in [6.45, 7) is 1.19. The molecule has 0 unspecified atom stereocenters. The number of imidazole rings is 1. The second-order valence-corrected chi connectivity index (χ2v) is 5.64. The van der Waals surface area contributed by atoms with E-state index < -0.39 is 0 Å². The molecule has 0 bridgehead atoms. The van der Waals surface area contributed by atoms with E-state index in [4.69, 9.17) is 14.2 Å². The van der Waals surface area contributed by atoms with Crippen molar-refractivity contribution in [2.45, 2.75) is 6.54 Å². The molecule has 1 aliphatic rings. The van der Waals surface area contributed by atoms with Gasteiger partial charge in [0.05, 0.1) is 24.5 Å². The van der Waals surface area contributed by atoms with E-state index in [0.29, 0.717) is 36.1 Å². The molecule has 1 amide bonds. The SMILES string of the molecule is COc1cccc(NC(=O)Cn2cnc3cc4c(cc32)OCCO4)c1. The first-order valence-electron chi connectivity index (χ1n) is 7.91. The first kappa shape index (κ1) is 15.3. The largest absolute Gasteiger partial charge is 0.497 e. The minimum absolute atomic E-state index is 0.146. The van der Waals surface area contributed by atoms with E-state index >= 15 is 0 Å². The van der Waals surface area contributed by atoms with Crippen LogP contribution in [0.5, 0.6) is 17.2 Å². The van der Waals surface area contributed by atoms with Crippen LogP contribution in [0.25, 0.3) is 11.0 Å². The van der Waals surface area contributed by atoms with Crippen LogP contribution in [0.15, 0.2) is 42.7 Å². The number of hydrogen-bond acceptors (Lipinski definition) is 5. The third kappa shape index (κ3) is 3.08. The number of anilines is 1. The van der Waals surface area contributed by atoms with Crippen molar-refractivity contribution in [1.29, 1.82) is 0 Å². The van der Waals surface area contributed by atoms with Gasteiger partial charge >= 0.3 is 0 Å². The van der Waals surface area contributed by atoms with Gasteiger partial charge in [0.1, 0.15) is 25.5 Å². The molecule has 0 atom stereocenters. The van der Waals surface area contributed by atoms with E-state index in [-0.39, 0.29) is 12.5 Å². The fourth-order valence-corrected chi connectivity index (χ4v) is 2.78. The second-order valence-electron chi connectivity index (χ2n) is 5.64. The maximum Gasteiger partial charge on any atom is 0.244 e. The first-order valence-corrected chi connectivity index (χ1v) is 7.91. The molecule has 0 radical (unpaired) electrons. The van der Waals surface area contributed by atoms with Crippen LogP contribution < -0.4 is 19.5 Å². The van der Waals surface area contributed by atoms with Gasteiger partial charge < -0.3 is 24.1 Å². The van der Waals surface area contributed by atoms with Gasteiger partial charge in [-0.3, -0.25) is 4.79 Å². The van der Waals surface area contributed by atoms with Gasteiger partial charge in [0.15, 0.2) is 11.5 Å². The van der Waals surface area contributed by atoms with Gasteiger partial charge in [0.25, 0.3) is 0 Å². The molecule has 0 spiro atoms. The Morgan fingerprint density at radius 1 is 1.24 bits per heavy atom. The molecule has 128 valence electrons. The van der Waals surface area contributed by atoms with Crippen LogP contribution in [-0.4, -0.2) is 35.8 Å². The lowest BCUT2D eigenvalue weighted by Gasteiger charge is -2.18. The normalized spacial score (nSPS) is 12.8. The Balaban J connectivity index is 1.54. The van der Waals surface area contributed by atoms with E-state index in [0.717, 1.165) is 11.0 Å². The molecule has 7 heteroatoms. The molecular formula is C18H17N3O4. The summed E-state index contributed by atoms with van der Waals surface area (Å²) in [6.07, 6.45) is 1.64. The van der Waals surface area contributed by atoms with Crippen LogP contribution in [0.2, 0.25) is 0 Å². The highest BCUT2D eigenvalue weighted by atomic mass is 16.6. The molecular weight excluding hydrogens is 322 g/mol. The van der Waals surface area contributed by atoms with Crippen LogP contribution in [0.3, 0.4) is 0 Å². The number of aromatic nitrogens is 2. The minimum atomic E-state index is -0.151. The van der Waals surface area contributed by atoms with Crippen LogP contribution >= 0.6 is 0 Å². The van der Waals surface area contributed by atoms with Gasteiger partial charge in [-0.1, -0.05) is 6.07 Å². The predicted octanol–water partition coefficient (Wildman–Crippen LogP) is 2.45. The Kier molecular flexibility index (Phi) is 3.89. The molecule has 25 heavy (non-hydrogen) atoms. The van der Waals surface area contributed by atoms with Crippen molar-refractivity contribution in [2.24, 2.45) is 0 Å². The Labute approximate surface area is 144 Å². The molecule has 0 aliphatic carbocycles. The Bertz CT molecular complexity index is 935. The fraction of sp³-hybridized carbons (Fsp3) is 0.222. The Morgan fingerprint density at radius 2 is 2.04 bits per heavy atom. The lowest BCUT2D eigenvalue weighted by molar-refractivity contribution is -0.116. The molecule has 2 aromatic carbocycles. The van der Waals surface area contributed by atoms with Gasteiger partial charge in [-0.05, 0) is 12.1 Å². The summed E-state index contributed by atoms with van der Waals surface area (Å²) in [4.78, 5) is 16.7. The number of fused-ring (bicyclic) bond motifs is 2. The second kappa shape index (κ2) is 6.35. The van der Waals surface area contributed by atoms with E-state index in [1.807, 2.05) is 30.3 Å². The van der Waals surface area contributed by atoms with Crippen molar-refractivity contribution in [2.75, 3.05) is 25.6 Å². The van der Waals surface area contributed by atoms with Gasteiger partial charge in [-0.2, -0.15) is 0 Å². The maximum atomic E-state index is 12.4. The molecule has 3 aromatic rings. The summed E-state index contributed by atoms with van der Waals surface area (Å²) >= 11 is 0. The number of amides is 1. The quantitative estimate of drug-likeness (QED) is 0.790. The van der Waals surface area contributed by atoms with Crippen LogP contribution in [-0.2, 0) is 11.3 Å². The molecule has 0 saturated heterocycles. The summed E-state index contributed by atoms with van der Waals surface area (Å²) in [6, 6.07) is 10.9. The number of rotatable bonds is 4. The average molecular weight is 339 g/mol. The van der Waals surface area contributed by atoms with Gasteiger partial charge in [-0.25, -0.2) is 4.98 Å². The molecule has 1 aliphatic heterocycles. The van der Waals surface area contributed by atoms with E-state index in [2.05, 4.69) is 10.3 Å². The standard InChI is InChI=1S/C18H17N3O4/c1-23-13-4-2-3-12(7-13)20-18(22)10-21-11-19-14-8-16-17(9-15(14)21)25-6-5-24-16/h2-4,7-9,11H,5-6,10H2,1H3,(H,20,22). The number of methoxy groups -OCH3 is 1. The first-order chi connectivity index (χ1) is 12.2. The number of nitrogens with one attached hydrogen (secondary N) is 1. The molecule has 1 aromatic heterocycles. The van der Waals surface area contributed by atoms with E-state index in [9.17, 15) is 4.79 Å². The van der Waals surface area contributed by atoms with Crippen molar-refractivity contribution in [3.63, 3.8) is 0 Å². The number of benzene rings is 2. The molecule has 2 heterocycles. The van der Waals surface area contributed by atoms with Gasteiger partial charge in [0.2, 0.25) is 5.91 Å². The topological polar surface area (TPSA) is 74.6 Å². The monoisotopic (exact) mass is 339 g/mol. The molecule has 0 saturated carbocycles. The molecule has 0 fully saturated rings.